The van der Waals surface area contributed by atoms with Gasteiger partial charge in [0.2, 0.25) is 25.4 Å². The number of rotatable bonds is 5. The van der Waals surface area contributed by atoms with Crippen LogP contribution in [0.3, 0.4) is 0 Å². The molecule has 12 heteroatoms. The number of nitrogens with zero attached hydrogens (tertiary/aromatic N) is 4. The number of amides is 4. The fourth-order valence-electron chi connectivity index (χ4n) is 7.90. The van der Waals surface area contributed by atoms with E-state index in [4.69, 9.17) is 24.2 Å². The van der Waals surface area contributed by atoms with Crippen molar-refractivity contribution >= 4 is 23.6 Å². The second kappa shape index (κ2) is 12.1. The summed E-state index contributed by atoms with van der Waals surface area (Å²) in [6.45, 7) is 3.95. The number of carbonyl (C=O) groups excluding carboxylic acids is 4. The molecule has 0 N–H and O–H groups in total. The van der Waals surface area contributed by atoms with E-state index in [1.54, 1.807) is 24.3 Å². The van der Waals surface area contributed by atoms with Gasteiger partial charge in [-0.2, -0.15) is 5.26 Å². The standard InChI is InChI=1S/C25H23N3O4.C12H9NO4/c1-14-8-9-27-22(14)20-21(23(27)17-5-2-15(11-26)3-6-17)25(30)28(24(20)29)12-16-4-7-18-19(10-16)32-13-31-18;14-11-3-4-12(15)13(11)6-8-1-2-9-10(5-8)17-7-16-9/h2-7,10,14,20-23H,8-9,12-13H2,1H3;1-5H,6-7H2/t14-,20+,21-,22-,23-;/m0./s1. The molecule has 0 aliphatic carbocycles. The van der Waals surface area contributed by atoms with Gasteiger partial charge in [0.05, 0.1) is 36.6 Å². The topological polar surface area (TPSA) is 139 Å². The summed E-state index contributed by atoms with van der Waals surface area (Å²) in [7, 11) is 0. The summed E-state index contributed by atoms with van der Waals surface area (Å²) in [6.07, 6.45) is 3.56. The minimum absolute atomic E-state index is 0.0684. The zero-order valence-corrected chi connectivity index (χ0v) is 26.6. The zero-order valence-electron chi connectivity index (χ0n) is 26.6. The van der Waals surface area contributed by atoms with Crippen LogP contribution < -0.4 is 18.9 Å². The summed E-state index contributed by atoms with van der Waals surface area (Å²) >= 11 is 0. The van der Waals surface area contributed by atoms with Gasteiger partial charge >= 0.3 is 0 Å². The van der Waals surface area contributed by atoms with Gasteiger partial charge in [0, 0.05) is 24.2 Å². The van der Waals surface area contributed by atoms with E-state index in [2.05, 4.69) is 17.9 Å². The Labute approximate surface area is 282 Å². The third-order valence-corrected chi connectivity index (χ3v) is 10.2. The highest BCUT2D eigenvalue weighted by molar-refractivity contribution is 6.12. The van der Waals surface area contributed by atoms with E-state index in [1.165, 1.54) is 22.0 Å². The summed E-state index contributed by atoms with van der Waals surface area (Å²) in [5.74, 6) is 1.56. The Morgan fingerprint density at radius 2 is 1.27 bits per heavy atom. The maximum absolute atomic E-state index is 13.7. The lowest BCUT2D eigenvalue weighted by Crippen LogP contribution is -2.40. The van der Waals surface area contributed by atoms with Crippen LogP contribution in [0.4, 0.5) is 0 Å². The molecule has 3 fully saturated rings. The monoisotopic (exact) mass is 660 g/mol. The van der Waals surface area contributed by atoms with Crippen LogP contribution in [0, 0.1) is 29.1 Å². The Balaban J connectivity index is 0.000000172. The molecule has 6 aliphatic heterocycles. The molecule has 6 heterocycles. The van der Waals surface area contributed by atoms with Crippen LogP contribution in [0.25, 0.3) is 0 Å². The maximum Gasteiger partial charge on any atom is 0.253 e. The quantitative estimate of drug-likeness (QED) is 0.373. The molecule has 0 saturated carbocycles. The van der Waals surface area contributed by atoms with Crippen LogP contribution in [0.15, 0.2) is 72.8 Å². The molecule has 12 nitrogen and oxygen atoms in total. The molecule has 3 saturated heterocycles. The highest BCUT2D eigenvalue weighted by atomic mass is 16.7. The number of ether oxygens (including phenoxy) is 4. The van der Waals surface area contributed by atoms with Gasteiger partial charge in [0.15, 0.2) is 23.0 Å². The number of carbonyl (C=O) groups is 4. The fourth-order valence-corrected chi connectivity index (χ4v) is 7.90. The van der Waals surface area contributed by atoms with Crippen LogP contribution >= 0.6 is 0 Å². The van der Waals surface area contributed by atoms with Gasteiger partial charge in [-0.15, -0.1) is 0 Å². The molecular weight excluding hydrogens is 628 g/mol. The summed E-state index contributed by atoms with van der Waals surface area (Å²) in [4.78, 5) is 55.0. The number of hydrogen-bond donors (Lipinski definition) is 0. The van der Waals surface area contributed by atoms with Crippen molar-refractivity contribution in [3.8, 4) is 29.1 Å². The third-order valence-electron chi connectivity index (χ3n) is 10.2. The summed E-state index contributed by atoms with van der Waals surface area (Å²) in [5.41, 5.74) is 3.27. The second-order valence-electron chi connectivity index (χ2n) is 13.0. The first-order valence-corrected chi connectivity index (χ1v) is 16.2. The average molecular weight is 661 g/mol. The van der Waals surface area contributed by atoms with Crippen molar-refractivity contribution in [3.05, 3.63) is 95.1 Å². The van der Waals surface area contributed by atoms with Crippen molar-refractivity contribution in [1.29, 1.82) is 5.26 Å². The smallest absolute Gasteiger partial charge is 0.253 e. The van der Waals surface area contributed by atoms with Gasteiger partial charge in [-0.3, -0.25) is 33.9 Å². The Morgan fingerprint density at radius 1 is 0.714 bits per heavy atom. The number of likely N-dealkylation sites (tertiary alicyclic amines) is 1. The largest absolute Gasteiger partial charge is 0.454 e. The molecule has 0 spiro atoms. The molecule has 0 bridgehead atoms. The van der Waals surface area contributed by atoms with E-state index in [-0.39, 0.29) is 68.3 Å². The average Bonchev–Trinajstić information content (AvgIpc) is 3.97. The van der Waals surface area contributed by atoms with Gasteiger partial charge in [0.1, 0.15) is 0 Å². The van der Waals surface area contributed by atoms with Gasteiger partial charge in [-0.25, -0.2) is 0 Å². The third kappa shape index (κ3) is 5.27. The summed E-state index contributed by atoms with van der Waals surface area (Å²) in [5, 5.41) is 9.16. The van der Waals surface area contributed by atoms with Crippen LogP contribution in [-0.2, 0) is 32.3 Å². The molecule has 0 unspecified atom stereocenters. The molecule has 9 rings (SSSR count). The van der Waals surface area contributed by atoms with Crippen molar-refractivity contribution in [2.75, 3.05) is 20.1 Å². The second-order valence-corrected chi connectivity index (χ2v) is 13.0. The fraction of sp³-hybridized carbons (Fsp3) is 0.324. The lowest BCUT2D eigenvalue weighted by atomic mass is 9.82. The first-order valence-electron chi connectivity index (χ1n) is 16.2. The van der Waals surface area contributed by atoms with Crippen molar-refractivity contribution in [2.24, 2.45) is 17.8 Å². The lowest BCUT2D eigenvalue weighted by Gasteiger charge is -2.29. The molecule has 0 aromatic heterocycles. The van der Waals surface area contributed by atoms with Crippen molar-refractivity contribution in [1.82, 2.24) is 14.7 Å². The predicted octanol–water partition coefficient (Wildman–Crippen LogP) is 3.69. The lowest BCUT2D eigenvalue weighted by molar-refractivity contribution is -0.142. The highest BCUT2D eigenvalue weighted by Crippen LogP contribution is 2.54. The maximum atomic E-state index is 13.7. The van der Waals surface area contributed by atoms with E-state index in [9.17, 15) is 19.2 Å². The number of imide groups is 2. The van der Waals surface area contributed by atoms with E-state index in [1.807, 2.05) is 36.4 Å². The molecule has 5 atom stereocenters. The van der Waals surface area contributed by atoms with Crippen LogP contribution in [-0.4, -0.2) is 64.5 Å². The van der Waals surface area contributed by atoms with E-state index >= 15 is 0 Å². The number of fused-ring (bicyclic) bond motifs is 5. The molecule has 248 valence electrons. The Hall–Kier alpha value is -5.67. The molecule has 0 radical (unpaired) electrons. The Kier molecular flexibility index (Phi) is 7.56. The minimum Gasteiger partial charge on any atom is -0.454 e. The highest BCUT2D eigenvalue weighted by Gasteiger charge is 2.64. The van der Waals surface area contributed by atoms with E-state index in [0.29, 0.717) is 34.5 Å². The summed E-state index contributed by atoms with van der Waals surface area (Å²) < 4.78 is 21.2. The van der Waals surface area contributed by atoms with Crippen LogP contribution in [0.2, 0.25) is 0 Å². The molecular formula is C37H32N4O8. The Morgan fingerprint density at radius 3 is 1.86 bits per heavy atom. The van der Waals surface area contributed by atoms with Crippen LogP contribution in [0.5, 0.6) is 23.0 Å². The SMILES string of the molecule is C[C@H]1CCN2[C@@H]1[C@@H]1C(=O)N(Cc3ccc4c(c3)OCO4)C(=O)[C@@H]1[C@@H]2c1ccc(C#N)cc1.O=C1C=CC(=O)N1Cc1ccc2c(c1)OCO2. The Bertz CT molecular complexity index is 1930. The molecule has 6 aliphatic rings. The van der Waals surface area contributed by atoms with Crippen molar-refractivity contribution in [3.63, 3.8) is 0 Å². The minimum atomic E-state index is -0.391. The van der Waals surface area contributed by atoms with Gasteiger partial charge in [0.25, 0.3) is 11.8 Å². The molecule has 4 amide bonds. The summed E-state index contributed by atoms with van der Waals surface area (Å²) in [6, 6.07) is 20.5. The molecule has 49 heavy (non-hydrogen) atoms. The van der Waals surface area contributed by atoms with Crippen LogP contribution in [0.1, 0.15) is 41.6 Å². The molecule has 3 aromatic carbocycles. The normalized spacial score (nSPS) is 25.8. The number of nitriles is 1. The van der Waals surface area contributed by atoms with E-state index < -0.39 is 5.92 Å². The van der Waals surface area contributed by atoms with Crippen molar-refractivity contribution < 1.29 is 38.1 Å². The van der Waals surface area contributed by atoms with Gasteiger partial charge in [-0.1, -0.05) is 31.2 Å². The number of hydrogen-bond acceptors (Lipinski definition) is 10. The molecule has 3 aromatic rings. The van der Waals surface area contributed by atoms with Crippen molar-refractivity contribution in [2.45, 2.75) is 38.5 Å². The van der Waals surface area contributed by atoms with Gasteiger partial charge in [-0.05, 0) is 72.0 Å². The van der Waals surface area contributed by atoms with Gasteiger partial charge < -0.3 is 18.9 Å². The van der Waals surface area contributed by atoms with E-state index in [0.717, 1.165) is 29.7 Å². The first-order chi connectivity index (χ1) is 23.8. The number of benzene rings is 3. The predicted molar refractivity (Wildman–Crippen MR) is 171 cm³/mol. The first kappa shape index (κ1) is 30.7. The zero-order chi connectivity index (χ0) is 33.8.